The van der Waals surface area contributed by atoms with Gasteiger partial charge in [0.2, 0.25) is 0 Å². The topological polar surface area (TPSA) is 15.3 Å². The number of fused-ring (bicyclic) bond motifs is 2. The summed E-state index contributed by atoms with van der Waals surface area (Å²) in [4.78, 5) is 2.86. The second-order valence-electron chi connectivity index (χ2n) is 7.33. The molecule has 0 amide bonds. The van der Waals surface area contributed by atoms with E-state index in [2.05, 4.69) is 17.1 Å². The number of nitrogens with one attached hydrogen (secondary N) is 1. The maximum atomic E-state index is 3.81. The smallest absolute Gasteiger partial charge is 0.0309 e. The van der Waals surface area contributed by atoms with Crippen LogP contribution in [0.25, 0.3) is 0 Å². The van der Waals surface area contributed by atoms with Crippen LogP contribution in [0.2, 0.25) is 0 Å². The molecule has 0 aromatic rings. The van der Waals surface area contributed by atoms with Crippen molar-refractivity contribution < 1.29 is 0 Å². The van der Waals surface area contributed by atoms with E-state index in [0.29, 0.717) is 5.54 Å². The summed E-state index contributed by atoms with van der Waals surface area (Å²) in [5, 5.41) is 3.81. The number of hydrogen-bond donors (Lipinski definition) is 1. The molecule has 96 valence electrons. The zero-order chi connectivity index (χ0) is 11.5. The van der Waals surface area contributed by atoms with Gasteiger partial charge >= 0.3 is 0 Å². The highest BCUT2D eigenvalue weighted by Crippen LogP contribution is 2.48. The predicted molar refractivity (Wildman–Crippen MR) is 69.9 cm³/mol. The van der Waals surface area contributed by atoms with Crippen LogP contribution in [0.4, 0.5) is 0 Å². The fourth-order valence-corrected chi connectivity index (χ4v) is 4.98. The quantitative estimate of drug-likeness (QED) is 0.788. The van der Waals surface area contributed by atoms with Gasteiger partial charge in [0.25, 0.3) is 0 Å². The third-order valence-electron chi connectivity index (χ3n) is 6.11. The summed E-state index contributed by atoms with van der Waals surface area (Å²) < 4.78 is 0. The van der Waals surface area contributed by atoms with Crippen molar-refractivity contribution in [2.75, 3.05) is 19.6 Å². The molecule has 3 aliphatic carbocycles. The fraction of sp³-hybridized carbons (Fsp3) is 1.00. The Labute approximate surface area is 105 Å². The average Bonchev–Trinajstić information content (AvgIpc) is 3.00. The van der Waals surface area contributed by atoms with Gasteiger partial charge in [0, 0.05) is 31.2 Å². The first kappa shape index (κ1) is 10.8. The second kappa shape index (κ2) is 3.71. The number of hydrogen-bond acceptors (Lipinski definition) is 2. The molecule has 4 unspecified atom stereocenters. The minimum Gasteiger partial charge on any atom is -0.309 e. The van der Waals surface area contributed by atoms with Gasteiger partial charge in [-0.15, -0.1) is 0 Å². The summed E-state index contributed by atoms with van der Waals surface area (Å²) in [6.07, 6.45) is 9.06. The zero-order valence-electron chi connectivity index (χ0n) is 11.1. The van der Waals surface area contributed by atoms with E-state index in [4.69, 9.17) is 0 Å². The summed E-state index contributed by atoms with van der Waals surface area (Å²) in [5.41, 5.74) is 0.445. The minimum absolute atomic E-state index is 0.445. The van der Waals surface area contributed by atoms with Gasteiger partial charge in [-0.3, -0.25) is 4.90 Å². The summed E-state index contributed by atoms with van der Waals surface area (Å²) in [7, 11) is 0. The lowest BCUT2D eigenvalue weighted by molar-refractivity contribution is 0.0631. The fourth-order valence-electron chi connectivity index (χ4n) is 4.98. The lowest BCUT2D eigenvalue weighted by atomic mass is 9.88. The number of piperazine rings is 1. The van der Waals surface area contributed by atoms with E-state index in [0.717, 1.165) is 23.8 Å². The van der Waals surface area contributed by atoms with E-state index >= 15 is 0 Å². The van der Waals surface area contributed by atoms with E-state index in [9.17, 15) is 0 Å². The van der Waals surface area contributed by atoms with Crippen LogP contribution in [0.1, 0.15) is 45.4 Å². The SMILES string of the molecule is CC1(C2CC2)CN(C2CC3CCC2C3)CCN1. The molecular formula is C15H26N2. The van der Waals surface area contributed by atoms with Gasteiger partial charge < -0.3 is 5.32 Å². The van der Waals surface area contributed by atoms with Crippen LogP contribution in [0.15, 0.2) is 0 Å². The van der Waals surface area contributed by atoms with Crippen LogP contribution in [0.3, 0.4) is 0 Å². The van der Waals surface area contributed by atoms with Crippen molar-refractivity contribution in [3.8, 4) is 0 Å². The van der Waals surface area contributed by atoms with Crippen LogP contribution < -0.4 is 5.32 Å². The molecule has 4 aliphatic rings. The lowest BCUT2D eigenvalue weighted by Gasteiger charge is -2.46. The lowest BCUT2D eigenvalue weighted by Crippen LogP contribution is -2.62. The van der Waals surface area contributed by atoms with Crippen molar-refractivity contribution in [1.29, 1.82) is 0 Å². The van der Waals surface area contributed by atoms with E-state index in [1.807, 2.05) is 0 Å². The van der Waals surface area contributed by atoms with Gasteiger partial charge in [0.1, 0.15) is 0 Å². The Morgan fingerprint density at radius 2 is 2.00 bits per heavy atom. The van der Waals surface area contributed by atoms with Gasteiger partial charge in [-0.1, -0.05) is 6.42 Å². The predicted octanol–water partition coefficient (Wildman–Crippen LogP) is 2.25. The second-order valence-corrected chi connectivity index (χ2v) is 7.33. The van der Waals surface area contributed by atoms with Crippen LogP contribution in [0.5, 0.6) is 0 Å². The first-order valence-electron chi connectivity index (χ1n) is 7.74. The minimum atomic E-state index is 0.445. The van der Waals surface area contributed by atoms with E-state index in [-0.39, 0.29) is 0 Å². The Hall–Kier alpha value is -0.0800. The molecular weight excluding hydrogens is 208 g/mol. The molecule has 4 rings (SSSR count). The van der Waals surface area contributed by atoms with Crippen molar-refractivity contribution >= 4 is 0 Å². The molecule has 0 aromatic carbocycles. The molecule has 2 bridgehead atoms. The Kier molecular flexibility index (Phi) is 2.36. The number of nitrogens with zero attached hydrogens (tertiary/aromatic N) is 1. The maximum absolute atomic E-state index is 3.81. The molecule has 0 spiro atoms. The molecule has 4 atom stereocenters. The number of rotatable bonds is 2. The first-order valence-corrected chi connectivity index (χ1v) is 7.74. The zero-order valence-corrected chi connectivity index (χ0v) is 11.1. The van der Waals surface area contributed by atoms with E-state index in [1.165, 1.54) is 51.7 Å². The molecule has 1 N–H and O–H groups in total. The maximum Gasteiger partial charge on any atom is 0.0309 e. The van der Waals surface area contributed by atoms with Gasteiger partial charge in [-0.25, -0.2) is 0 Å². The van der Waals surface area contributed by atoms with Gasteiger partial charge in [-0.2, -0.15) is 0 Å². The third kappa shape index (κ3) is 1.76. The van der Waals surface area contributed by atoms with Crippen molar-refractivity contribution in [1.82, 2.24) is 10.2 Å². The van der Waals surface area contributed by atoms with E-state index in [1.54, 1.807) is 6.42 Å². The standard InChI is InChI=1S/C15H26N2/c1-15(13-4-5-13)10-17(7-6-16-15)14-9-11-2-3-12(14)8-11/h11-14,16H,2-10H2,1H3. The Morgan fingerprint density at radius 3 is 2.65 bits per heavy atom. The highest BCUT2D eigenvalue weighted by molar-refractivity contribution is 5.05. The van der Waals surface area contributed by atoms with Crippen molar-refractivity contribution in [2.45, 2.75) is 57.0 Å². The van der Waals surface area contributed by atoms with Crippen LogP contribution >= 0.6 is 0 Å². The molecule has 17 heavy (non-hydrogen) atoms. The highest BCUT2D eigenvalue weighted by Gasteiger charge is 2.48. The normalized spacial score (nSPS) is 51.0. The van der Waals surface area contributed by atoms with Gasteiger partial charge in [0.05, 0.1) is 0 Å². The monoisotopic (exact) mass is 234 g/mol. The summed E-state index contributed by atoms with van der Waals surface area (Å²) in [6, 6.07) is 0.953. The van der Waals surface area contributed by atoms with Crippen molar-refractivity contribution in [2.24, 2.45) is 17.8 Å². The largest absolute Gasteiger partial charge is 0.309 e. The Morgan fingerprint density at radius 1 is 1.12 bits per heavy atom. The van der Waals surface area contributed by atoms with Crippen molar-refractivity contribution in [3.05, 3.63) is 0 Å². The van der Waals surface area contributed by atoms with Gasteiger partial charge in [0.15, 0.2) is 0 Å². The highest BCUT2D eigenvalue weighted by atomic mass is 15.3. The Bertz CT molecular complexity index is 312. The molecule has 1 aliphatic heterocycles. The van der Waals surface area contributed by atoms with E-state index < -0.39 is 0 Å². The van der Waals surface area contributed by atoms with Crippen molar-refractivity contribution in [3.63, 3.8) is 0 Å². The molecule has 4 fully saturated rings. The Balaban J connectivity index is 1.47. The van der Waals surface area contributed by atoms with Crippen LogP contribution in [-0.4, -0.2) is 36.1 Å². The van der Waals surface area contributed by atoms with Crippen LogP contribution in [-0.2, 0) is 0 Å². The molecule has 0 radical (unpaired) electrons. The molecule has 2 heteroatoms. The third-order valence-corrected chi connectivity index (χ3v) is 6.11. The summed E-state index contributed by atoms with van der Waals surface area (Å²) in [5.74, 6) is 3.12. The molecule has 3 saturated carbocycles. The summed E-state index contributed by atoms with van der Waals surface area (Å²) >= 11 is 0. The first-order chi connectivity index (χ1) is 8.24. The average molecular weight is 234 g/mol. The molecule has 1 saturated heterocycles. The van der Waals surface area contributed by atoms with Gasteiger partial charge in [-0.05, 0) is 56.8 Å². The van der Waals surface area contributed by atoms with Crippen LogP contribution in [0, 0.1) is 17.8 Å². The molecule has 0 aromatic heterocycles. The summed E-state index contributed by atoms with van der Waals surface area (Å²) in [6.45, 7) is 6.33. The molecule has 1 heterocycles. The molecule has 2 nitrogen and oxygen atoms in total.